The largest absolute Gasteiger partial charge is 0.500 e. The molecule has 1 saturated heterocycles. The van der Waals surface area contributed by atoms with Crippen LogP contribution >= 0.6 is 0 Å². The maximum Gasteiger partial charge on any atom is 0.500 e. The van der Waals surface area contributed by atoms with Crippen LogP contribution in [0.2, 0.25) is 6.04 Å². The number of ether oxygens (including phenoxy) is 2. The first kappa shape index (κ1) is 16.1. The van der Waals surface area contributed by atoms with Crippen molar-refractivity contribution in [3.8, 4) is 0 Å². The molecule has 0 spiro atoms. The minimum Gasteiger partial charge on any atom is -0.381 e. The summed E-state index contributed by atoms with van der Waals surface area (Å²) in [5.41, 5.74) is 0. The Hall–Kier alpha value is 0.0169. The van der Waals surface area contributed by atoms with Gasteiger partial charge in [-0.05, 0) is 12.8 Å². The molecule has 1 aliphatic rings. The molecule has 18 heavy (non-hydrogen) atoms. The zero-order chi connectivity index (χ0) is 13.4. The summed E-state index contributed by atoms with van der Waals surface area (Å²) in [6.07, 6.45) is 2.36. The molecule has 0 aromatic carbocycles. The molecule has 108 valence electrons. The molecule has 2 unspecified atom stereocenters. The Balaban J connectivity index is 2.07. The van der Waals surface area contributed by atoms with Gasteiger partial charge in [0, 0.05) is 39.9 Å². The van der Waals surface area contributed by atoms with Crippen molar-refractivity contribution in [1.29, 1.82) is 0 Å². The molecule has 0 amide bonds. The summed E-state index contributed by atoms with van der Waals surface area (Å²) in [6, 6.07) is 0.787. The zero-order valence-corrected chi connectivity index (χ0v) is 12.9. The van der Waals surface area contributed by atoms with Crippen molar-refractivity contribution in [3.63, 3.8) is 0 Å². The van der Waals surface area contributed by atoms with Gasteiger partial charge in [-0.25, -0.2) is 0 Å². The average Bonchev–Trinajstić information content (AvgIpc) is 2.38. The third-order valence-electron chi connectivity index (χ3n) is 3.49. The fourth-order valence-corrected chi connectivity index (χ4v) is 3.85. The maximum atomic E-state index is 5.67. The molecule has 1 fully saturated rings. The fourth-order valence-electron chi connectivity index (χ4n) is 2.16. The summed E-state index contributed by atoms with van der Waals surface area (Å²) in [7, 11) is 2.50. The van der Waals surface area contributed by atoms with Gasteiger partial charge in [0.25, 0.3) is 0 Å². The minimum absolute atomic E-state index is 0.399. The van der Waals surface area contributed by atoms with Crippen LogP contribution in [0.1, 0.15) is 19.8 Å². The highest BCUT2D eigenvalue weighted by molar-refractivity contribution is 6.60. The van der Waals surface area contributed by atoms with E-state index >= 15 is 0 Å². The Morgan fingerprint density at radius 1 is 1.17 bits per heavy atom. The molecule has 0 radical (unpaired) electrons. The van der Waals surface area contributed by atoms with Crippen LogP contribution in [0, 0.1) is 5.92 Å². The molecule has 2 atom stereocenters. The van der Waals surface area contributed by atoms with E-state index < -0.39 is 8.80 Å². The normalized spacial score (nSPS) is 24.0. The highest BCUT2D eigenvalue weighted by Gasteiger charge is 2.37. The molecule has 0 N–H and O–H groups in total. The van der Waals surface area contributed by atoms with E-state index in [2.05, 4.69) is 6.92 Å². The van der Waals surface area contributed by atoms with Crippen molar-refractivity contribution >= 4 is 8.80 Å². The Kier molecular flexibility index (Phi) is 7.36. The van der Waals surface area contributed by atoms with Crippen LogP contribution in [0.4, 0.5) is 0 Å². The van der Waals surface area contributed by atoms with Crippen LogP contribution in [0.3, 0.4) is 0 Å². The average molecular weight is 278 g/mol. The third kappa shape index (κ3) is 4.29. The molecule has 1 aliphatic heterocycles. The second-order valence-corrected chi connectivity index (χ2v) is 7.60. The zero-order valence-electron chi connectivity index (χ0n) is 11.9. The molecule has 0 aromatic heterocycles. The van der Waals surface area contributed by atoms with Gasteiger partial charge in [-0.15, -0.1) is 0 Å². The lowest BCUT2D eigenvalue weighted by Crippen LogP contribution is -2.43. The lowest BCUT2D eigenvalue weighted by atomic mass is 9.97. The first-order valence-corrected chi connectivity index (χ1v) is 8.49. The summed E-state index contributed by atoms with van der Waals surface area (Å²) in [5.74, 6) is 0.573. The van der Waals surface area contributed by atoms with Gasteiger partial charge in [-0.1, -0.05) is 6.92 Å². The van der Waals surface area contributed by atoms with E-state index in [1.54, 1.807) is 21.3 Å². The number of rotatable bonds is 10. The van der Waals surface area contributed by atoms with Gasteiger partial charge in [0.05, 0.1) is 19.3 Å². The topological polar surface area (TPSA) is 46.2 Å². The Bertz CT molecular complexity index is 212. The lowest BCUT2D eigenvalue weighted by Gasteiger charge is -2.36. The van der Waals surface area contributed by atoms with Gasteiger partial charge < -0.3 is 22.8 Å². The predicted molar refractivity (Wildman–Crippen MR) is 70.5 cm³/mol. The standard InChI is InChI=1S/C12H26O5Si/c1-5-12-11(10-17-12)9-16-7-6-8-18(13-2,14-3)15-4/h11-12H,5-10H2,1-4H3. The molecule has 0 aromatic rings. The molecule has 1 heterocycles. The van der Waals surface area contributed by atoms with Crippen LogP contribution in [-0.2, 0) is 22.8 Å². The Morgan fingerprint density at radius 2 is 1.83 bits per heavy atom. The Morgan fingerprint density at radius 3 is 2.28 bits per heavy atom. The van der Waals surface area contributed by atoms with Gasteiger partial charge in [0.15, 0.2) is 0 Å². The van der Waals surface area contributed by atoms with Crippen LogP contribution in [0.25, 0.3) is 0 Å². The van der Waals surface area contributed by atoms with Gasteiger partial charge in [0.1, 0.15) is 0 Å². The number of hydrogen-bond acceptors (Lipinski definition) is 5. The monoisotopic (exact) mass is 278 g/mol. The highest BCUT2D eigenvalue weighted by atomic mass is 28.4. The van der Waals surface area contributed by atoms with Crippen molar-refractivity contribution in [2.75, 3.05) is 41.2 Å². The predicted octanol–water partition coefficient (Wildman–Crippen LogP) is 1.70. The van der Waals surface area contributed by atoms with E-state index in [0.717, 1.165) is 38.7 Å². The maximum absolute atomic E-state index is 5.67. The third-order valence-corrected chi connectivity index (χ3v) is 6.32. The van der Waals surface area contributed by atoms with Crippen molar-refractivity contribution in [2.45, 2.75) is 31.9 Å². The summed E-state index contributed by atoms with van der Waals surface area (Å²) >= 11 is 0. The van der Waals surface area contributed by atoms with Crippen LogP contribution in [0.15, 0.2) is 0 Å². The fraction of sp³-hybridized carbons (Fsp3) is 1.00. The van der Waals surface area contributed by atoms with Crippen molar-refractivity contribution in [1.82, 2.24) is 0 Å². The molecule has 1 rings (SSSR count). The SMILES string of the molecule is CCC1OCC1COCCC[Si](OC)(OC)OC. The molecular formula is C12H26O5Si. The highest BCUT2D eigenvalue weighted by Crippen LogP contribution is 2.23. The van der Waals surface area contributed by atoms with Crippen LogP contribution in [-0.4, -0.2) is 56.1 Å². The number of hydrogen-bond donors (Lipinski definition) is 0. The quantitative estimate of drug-likeness (QED) is 0.449. The van der Waals surface area contributed by atoms with Crippen molar-refractivity contribution in [2.24, 2.45) is 5.92 Å². The first-order valence-electron chi connectivity index (χ1n) is 6.56. The van der Waals surface area contributed by atoms with Gasteiger partial charge >= 0.3 is 8.80 Å². The smallest absolute Gasteiger partial charge is 0.381 e. The lowest BCUT2D eigenvalue weighted by molar-refractivity contribution is -0.140. The molecule has 0 saturated carbocycles. The molecule has 0 bridgehead atoms. The molecular weight excluding hydrogens is 252 g/mol. The summed E-state index contributed by atoms with van der Waals surface area (Å²) in [6.45, 7) is 4.50. The van der Waals surface area contributed by atoms with E-state index in [1.807, 2.05) is 0 Å². The van der Waals surface area contributed by atoms with Gasteiger partial charge in [-0.3, -0.25) is 0 Å². The summed E-state index contributed by atoms with van der Waals surface area (Å²) < 4.78 is 27.1. The second-order valence-electron chi connectivity index (χ2n) is 4.51. The van der Waals surface area contributed by atoms with E-state index in [0.29, 0.717) is 12.0 Å². The molecule has 0 aliphatic carbocycles. The summed E-state index contributed by atoms with van der Waals surface area (Å²) in [4.78, 5) is 0. The van der Waals surface area contributed by atoms with Crippen LogP contribution in [0.5, 0.6) is 0 Å². The van der Waals surface area contributed by atoms with Crippen molar-refractivity contribution < 1.29 is 22.8 Å². The van der Waals surface area contributed by atoms with E-state index in [-0.39, 0.29) is 0 Å². The molecule has 6 heteroatoms. The minimum atomic E-state index is -2.41. The van der Waals surface area contributed by atoms with E-state index in [4.69, 9.17) is 22.8 Å². The second kappa shape index (κ2) is 8.24. The molecule has 5 nitrogen and oxygen atoms in total. The van der Waals surface area contributed by atoms with Gasteiger partial charge in [-0.2, -0.15) is 0 Å². The first-order chi connectivity index (χ1) is 8.71. The van der Waals surface area contributed by atoms with Crippen molar-refractivity contribution in [3.05, 3.63) is 0 Å². The van der Waals surface area contributed by atoms with E-state index in [9.17, 15) is 0 Å². The van der Waals surface area contributed by atoms with Crippen LogP contribution < -0.4 is 0 Å². The van der Waals surface area contributed by atoms with E-state index in [1.165, 1.54) is 0 Å². The summed E-state index contributed by atoms with van der Waals surface area (Å²) in [5, 5.41) is 0. The Labute approximate surface area is 111 Å². The van der Waals surface area contributed by atoms with Gasteiger partial charge in [0.2, 0.25) is 0 Å².